The predicted octanol–water partition coefficient (Wildman–Crippen LogP) is 1.50. The highest BCUT2D eigenvalue weighted by atomic mass is 32.2. The monoisotopic (exact) mass is 310 g/mol. The Morgan fingerprint density at radius 1 is 1.38 bits per heavy atom. The summed E-state index contributed by atoms with van der Waals surface area (Å²) in [4.78, 5) is 13.9. The summed E-state index contributed by atoms with van der Waals surface area (Å²) in [6.07, 6.45) is 0. The third-order valence-electron chi connectivity index (χ3n) is 3.18. The molecule has 7 heteroatoms. The first-order chi connectivity index (χ1) is 10.1. The molecule has 1 amide bonds. The number of nitrogens with one attached hydrogen (secondary N) is 1. The van der Waals surface area contributed by atoms with E-state index in [1.165, 1.54) is 0 Å². The molecule has 21 heavy (non-hydrogen) atoms. The molecule has 1 aliphatic rings. The van der Waals surface area contributed by atoms with Crippen molar-refractivity contribution < 1.29 is 9.53 Å². The molecule has 0 spiro atoms. The van der Waals surface area contributed by atoms with Crippen LogP contribution in [-0.2, 0) is 9.53 Å². The van der Waals surface area contributed by atoms with Crippen LogP contribution in [0.15, 0.2) is 17.2 Å². The molecule has 0 aliphatic carbocycles. The highest BCUT2D eigenvalue weighted by Gasteiger charge is 2.10. The summed E-state index contributed by atoms with van der Waals surface area (Å²) in [6, 6.07) is 3.69. The van der Waals surface area contributed by atoms with E-state index in [0.717, 1.165) is 43.6 Å². The van der Waals surface area contributed by atoms with Crippen molar-refractivity contribution in [1.29, 1.82) is 0 Å². The molecule has 0 atom stereocenters. The first kappa shape index (κ1) is 16.2. The minimum atomic E-state index is -0.0608. The van der Waals surface area contributed by atoms with Gasteiger partial charge in [-0.05, 0) is 12.1 Å². The van der Waals surface area contributed by atoms with Gasteiger partial charge in [-0.1, -0.05) is 13.8 Å². The lowest BCUT2D eigenvalue weighted by atomic mass is 10.2. The lowest BCUT2D eigenvalue weighted by molar-refractivity contribution is -0.118. The number of carbonyl (C=O) groups excluding carboxylic acids is 1. The van der Waals surface area contributed by atoms with Crippen LogP contribution in [0.4, 0.5) is 5.82 Å². The summed E-state index contributed by atoms with van der Waals surface area (Å²) in [7, 11) is 0. The highest BCUT2D eigenvalue weighted by Crippen LogP contribution is 2.16. The molecule has 116 valence electrons. The number of amides is 1. The Morgan fingerprint density at radius 3 is 2.76 bits per heavy atom. The molecule has 1 aromatic rings. The Bertz CT molecular complexity index is 447. The van der Waals surface area contributed by atoms with E-state index in [-0.39, 0.29) is 11.8 Å². The molecule has 1 aromatic heterocycles. The molecule has 1 fully saturated rings. The van der Waals surface area contributed by atoms with Crippen LogP contribution in [0.5, 0.6) is 0 Å². The molecular weight excluding hydrogens is 288 g/mol. The third-order valence-corrected chi connectivity index (χ3v) is 4.08. The number of aromatic nitrogens is 2. The lowest BCUT2D eigenvalue weighted by Gasteiger charge is -2.26. The summed E-state index contributed by atoms with van der Waals surface area (Å²) in [6.45, 7) is 8.39. The quantitative estimate of drug-likeness (QED) is 0.803. The number of thioether (sulfide) groups is 1. The molecule has 1 saturated heterocycles. The van der Waals surface area contributed by atoms with Crippen molar-refractivity contribution in [2.45, 2.75) is 18.9 Å². The van der Waals surface area contributed by atoms with Crippen molar-refractivity contribution in [1.82, 2.24) is 15.1 Å². The molecule has 0 radical (unpaired) electrons. The molecule has 1 N–H and O–H groups in total. The minimum absolute atomic E-state index is 0.0444. The fourth-order valence-corrected chi connectivity index (χ4v) is 2.66. The number of carbonyl (C=O) groups is 1. The molecular formula is C14H22N4O2S. The van der Waals surface area contributed by atoms with Crippen LogP contribution in [0.3, 0.4) is 0 Å². The van der Waals surface area contributed by atoms with Crippen LogP contribution in [-0.4, -0.2) is 59.6 Å². The summed E-state index contributed by atoms with van der Waals surface area (Å²) < 4.78 is 5.32. The Hall–Kier alpha value is -1.18. The first-order valence-electron chi connectivity index (χ1n) is 7.22. The van der Waals surface area contributed by atoms with Gasteiger partial charge in [0.2, 0.25) is 5.91 Å². The van der Waals surface area contributed by atoms with Crippen LogP contribution in [0.25, 0.3) is 0 Å². The zero-order valence-corrected chi connectivity index (χ0v) is 13.4. The van der Waals surface area contributed by atoms with Gasteiger partial charge in [-0.15, -0.1) is 22.0 Å². The molecule has 0 bridgehead atoms. The Balaban J connectivity index is 1.73. The van der Waals surface area contributed by atoms with Crippen molar-refractivity contribution in [3.05, 3.63) is 12.1 Å². The summed E-state index contributed by atoms with van der Waals surface area (Å²) >= 11 is 1.68. The van der Waals surface area contributed by atoms with Gasteiger partial charge in [0.15, 0.2) is 5.82 Å². The van der Waals surface area contributed by atoms with Gasteiger partial charge in [0.25, 0.3) is 0 Å². The topological polar surface area (TPSA) is 67.4 Å². The number of hydrogen-bond acceptors (Lipinski definition) is 6. The van der Waals surface area contributed by atoms with Gasteiger partial charge in [0.1, 0.15) is 5.03 Å². The number of morpholine rings is 1. The van der Waals surface area contributed by atoms with Crippen molar-refractivity contribution in [3.8, 4) is 0 Å². The Labute approximate surface area is 129 Å². The van der Waals surface area contributed by atoms with E-state index >= 15 is 0 Å². The number of anilines is 1. The average Bonchev–Trinajstić information content (AvgIpc) is 2.50. The van der Waals surface area contributed by atoms with Gasteiger partial charge in [-0.25, -0.2) is 0 Å². The first-order valence-corrected chi connectivity index (χ1v) is 8.21. The van der Waals surface area contributed by atoms with Crippen LogP contribution in [0, 0.1) is 5.92 Å². The largest absolute Gasteiger partial charge is 0.379 e. The normalized spacial score (nSPS) is 16.1. The second kappa shape index (κ2) is 8.31. The van der Waals surface area contributed by atoms with E-state index in [1.54, 1.807) is 17.8 Å². The van der Waals surface area contributed by atoms with Gasteiger partial charge >= 0.3 is 0 Å². The van der Waals surface area contributed by atoms with Crippen molar-refractivity contribution in [2.75, 3.05) is 43.9 Å². The summed E-state index contributed by atoms with van der Waals surface area (Å²) in [5, 5.41) is 11.8. The number of hydrogen-bond donors (Lipinski definition) is 1. The Morgan fingerprint density at radius 2 is 2.14 bits per heavy atom. The molecule has 0 saturated carbocycles. The lowest BCUT2D eigenvalue weighted by Crippen LogP contribution is -2.37. The van der Waals surface area contributed by atoms with E-state index in [9.17, 15) is 4.79 Å². The highest BCUT2D eigenvalue weighted by molar-refractivity contribution is 7.99. The number of rotatable bonds is 6. The maximum absolute atomic E-state index is 11.5. The maximum atomic E-state index is 11.5. The van der Waals surface area contributed by atoms with Gasteiger partial charge < -0.3 is 10.1 Å². The fraction of sp³-hybridized carbons (Fsp3) is 0.643. The average molecular weight is 310 g/mol. The molecule has 2 rings (SSSR count). The SMILES string of the molecule is CC(C)C(=O)Nc1ccc(SCCN2CCOCC2)nn1. The zero-order valence-electron chi connectivity index (χ0n) is 12.5. The summed E-state index contributed by atoms with van der Waals surface area (Å²) in [5.74, 6) is 1.38. The van der Waals surface area contributed by atoms with E-state index in [1.807, 2.05) is 19.9 Å². The standard InChI is InChI=1S/C14H22N4O2S/c1-11(2)14(19)15-12-3-4-13(17-16-12)21-10-7-18-5-8-20-9-6-18/h3-4,11H,5-10H2,1-2H3,(H,15,16,19). The van der Waals surface area contributed by atoms with Crippen LogP contribution in [0.1, 0.15) is 13.8 Å². The molecule has 6 nitrogen and oxygen atoms in total. The second-order valence-electron chi connectivity index (χ2n) is 5.20. The van der Waals surface area contributed by atoms with E-state index in [2.05, 4.69) is 20.4 Å². The molecule has 0 aromatic carbocycles. The summed E-state index contributed by atoms with van der Waals surface area (Å²) in [5.41, 5.74) is 0. The fourth-order valence-electron chi connectivity index (χ4n) is 1.84. The molecule has 0 unspecified atom stereocenters. The predicted molar refractivity (Wildman–Crippen MR) is 83.5 cm³/mol. The second-order valence-corrected chi connectivity index (χ2v) is 6.32. The van der Waals surface area contributed by atoms with Gasteiger partial charge in [-0.3, -0.25) is 9.69 Å². The van der Waals surface area contributed by atoms with Crippen LogP contribution in [0.2, 0.25) is 0 Å². The van der Waals surface area contributed by atoms with Crippen LogP contribution >= 0.6 is 11.8 Å². The van der Waals surface area contributed by atoms with Crippen LogP contribution < -0.4 is 5.32 Å². The smallest absolute Gasteiger partial charge is 0.228 e. The minimum Gasteiger partial charge on any atom is -0.379 e. The van der Waals surface area contributed by atoms with Crippen molar-refractivity contribution in [2.24, 2.45) is 5.92 Å². The van der Waals surface area contributed by atoms with E-state index in [0.29, 0.717) is 5.82 Å². The zero-order chi connectivity index (χ0) is 15.1. The third kappa shape index (κ3) is 5.61. The Kier molecular flexibility index (Phi) is 6.41. The van der Waals surface area contributed by atoms with Crippen molar-refractivity contribution >= 4 is 23.5 Å². The van der Waals surface area contributed by atoms with Gasteiger partial charge in [0, 0.05) is 31.3 Å². The molecule has 1 aliphatic heterocycles. The number of ether oxygens (including phenoxy) is 1. The molecule has 2 heterocycles. The van der Waals surface area contributed by atoms with E-state index in [4.69, 9.17) is 4.74 Å². The van der Waals surface area contributed by atoms with Gasteiger partial charge in [-0.2, -0.15) is 0 Å². The number of nitrogens with zero attached hydrogens (tertiary/aromatic N) is 3. The van der Waals surface area contributed by atoms with Gasteiger partial charge in [0.05, 0.1) is 13.2 Å². The van der Waals surface area contributed by atoms with E-state index < -0.39 is 0 Å². The van der Waals surface area contributed by atoms with Crippen molar-refractivity contribution in [3.63, 3.8) is 0 Å². The maximum Gasteiger partial charge on any atom is 0.228 e.